The Labute approximate surface area is 96.6 Å². The molecule has 0 heterocycles. The van der Waals surface area contributed by atoms with Crippen LogP contribution in [0.3, 0.4) is 0 Å². The molecule has 1 aliphatic carbocycles. The van der Waals surface area contributed by atoms with Crippen LogP contribution in [0.2, 0.25) is 0 Å². The second-order valence-electron chi connectivity index (χ2n) is 4.50. The standard InChI is InChI=1S/C12H12F3NO/c13-12(14,15)9-3-1-8(2-4-9)11(5-6-11)7-10(16)17/h1-4H,5-7H2,(H2,16,17). The third-order valence-corrected chi connectivity index (χ3v) is 3.19. The predicted octanol–water partition coefficient (Wildman–Crippen LogP) is 2.61. The summed E-state index contributed by atoms with van der Waals surface area (Å²) >= 11 is 0. The molecule has 1 fully saturated rings. The lowest BCUT2D eigenvalue weighted by Crippen LogP contribution is -2.20. The molecule has 0 atom stereocenters. The van der Waals surface area contributed by atoms with E-state index in [1.807, 2.05) is 0 Å². The van der Waals surface area contributed by atoms with Crippen molar-refractivity contribution in [2.45, 2.75) is 30.9 Å². The second-order valence-corrected chi connectivity index (χ2v) is 4.50. The van der Waals surface area contributed by atoms with E-state index in [1.165, 1.54) is 12.1 Å². The van der Waals surface area contributed by atoms with Gasteiger partial charge in [0.05, 0.1) is 5.56 Å². The largest absolute Gasteiger partial charge is 0.416 e. The van der Waals surface area contributed by atoms with Gasteiger partial charge < -0.3 is 5.73 Å². The molecule has 0 aliphatic heterocycles. The molecule has 1 aliphatic rings. The summed E-state index contributed by atoms with van der Waals surface area (Å²) in [5.41, 5.74) is 4.92. The van der Waals surface area contributed by atoms with Gasteiger partial charge in [-0.3, -0.25) is 4.79 Å². The average molecular weight is 243 g/mol. The Morgan fingerprint density at radius 2 is 1.76 bits per heavy atom. The molecule has 1 amide bonds. The van der Waals surface area contributed by atoms with Gasteiger partial charge >= 0.3 is 6.18 Å². The summed E-state index contributed by atoms with van der Waals surface area (Å²) in [6.45, 7) is 0. The fourth-order valence-electron chi connectivity index (χ4n) is 2.06. The fraction of sp³-hybridized carbons (Fsp3) is 0.417. The van der Waals surface area contributed by atoms with Crippen LogP contribution < -0.4 is 5.73 Å². The molecule has 0 bridgehead atoms. The molecular formula is C12H12F3NO. The van der Waals surface area contributed by atoms with E-state index in [0.717, 1.165) is 30.5 Å². The van der Waals surface area contributed by atoms with Crippen LogP contribution in [-0.2, 0) is 16.4 Å². The highest BCUT2D eigenvalue weighted by Gasteiger charge is 2.45. The molecule has 1 aromatic carbocycles. The first-order valence-electron chi connectivity index (χ1n) is 5.30. The summed E-state index contributed by atoms with van der Waals surface area (Å²) in [7, 11) is 0. The minimum Gasteiger partial charge on any atom is -0.370 e. The summed E-state index contributed by atoms with van der Waals surface area (Å²) in [6, 6.07) is 4.99. The number of hydrogen-bond acceptors (Lipinski definition) is 1. The van der Waals surface area contributed by atoms with Crippen molar-refractivity contribution < 1.29 is 18.0 Å². The second kappa shape index (κ2) is 3.75. The fourth-order valence-corrected chi connectivity index (χ4v) is 2.06. The smallest absolute Gasteiger partial charge is 0.370 e. The third kappa shape index (κ3) is 2.43. The molecule has 2 rings (SSSR count). The van der Waals surface area contributed by atoms with Gasteiger partial charge in [-0.25, -0.2) is 0 Å². The topological polar surface area (TPSA) is 43.1 Å². The van der Waals surface area contributed by atoms with Crippen molar-refractivity contribution in [3.8, 4) is 0 Å². The van der Waals surface area contributed by atoms with Crippen LogP contribution in [0.15, 0.2) is 24.3 Å². The summed E-state index contributed by atoms with van der Waals surface area (Å²) in [6.07, 6.45) is -2.50. The summed E-state index contributed by atoms with van der Waals surface area (Å²) < 4.78 is 37.1. The average Bonchev–Trinajstić information content (AvgIpc) is 2.97. The molecule has 17 heavy (non-hydrogen) atoms. The number of alkyl halides is 3. The van der Waals surface area contributed by atoms with Crippen molar-refractivity contribution in [2.24, 2.45) is 5.73 Å². The summed E-state index contributed by atoms with van der Waals surface area (Å²) in [5, 5.41) is 0. The van der Waals surface area contributed by atoms with Crippen molar-refractivity contribution in [3.05, 3.63) is 35.4 Å². The molecular weight excluding hydrogens is 231 g/mol. The lowest BCUT2D eigenvalue weighted by atomic mass is 9.91. The summed E-state index contributed by atoms with van der Waals surface area (Å²) in [5.74, 6) is -0.414. The van der Waals surface area contributed by atoms with Gasteiger partial charge in [-0.05, 0) is 30.5 Å². The maximum atomic E-state index is 12.4. The minimum atomic E-state index is -4.32. The van der Waals surface area contributed by atoms with Gasteiger partial charge in [0.1, 0.15) is 0 Å². The van der Waals surface area contributed by atoms with E-state index in [0.29, 0.717) is 0 Å². The molecule has 1 aromatic rings. The zero-order chi connectivity index (χ0) is 12.7. The normalized spacial score (nSPS) is 17.8. The quantitative estimate of drug-likeness (QED) is 0.871. The highest BCUT2D eigenvalue weighted by atomic mass is 19.4. The van der Waals surface area contributed by atoms with Crippen LogP contribution in [0.4, 0.5) is 13.2 Å². The third-order valence-electron chi connectivity index (χ3n) is 3.19. The van der Waals surface area contributed by atoms with Crippen LogP contribution in [-0.4, -0.2) is 5.91 Å². The molecule has 0 unspecified atom stereocenters. The molecule has 5 heteroatoms. The molecule has 92 valence electrons. The number of primary amides is 1. The number of nitrogens with two attached hydrogens (primary N) is 1. The number of amides is 1. The molecule has 0 aromatic heterocycles. The Morgan fingerprint density at radius 3 is 2.12 bits per heavy atom. The molecule has 2 N–H and O–H groups in total. The van der Waals surface area contributed by atoms with Gasteiger partial charge in [0.15, 0.2) is 0 Å². The maximum absolute atomic E-state index is 12.4. The van der Waals surface area contributed by atoms with E-state index < -0.39 is 17.6 Å². The molecule has 2 nitrogen and oxygen atoms in total. The molecule has 0 saturated heterocycles. The van der Waals surface area contributed by atoms with E-state index in [4.69, 9.17) is 5.73 Å². The predicted molar refractivity (Wildman–Crippen MR) is 56.2 cm³/mol. The highest BCUT2D eigenvalue weighted by molar-refractivity contribution is 5.76. The van der Waals surface area contributed by atoms with Crippen LogP contribution in [0, 0.1) is 0 Å². The Morgan fingerprint density at radius 1 is 1.24 bits per heavy atom. The Hall–Kier alpha value is -1.52. The summed E-state index contributed by atoms with van der Waals surface area (Å²) in [4.78, 5) is 10.9. The van der Waals surface area contributed by atoms with Gasteiger partial charge in [0.25, 0.3) is 0 Å². The number of rotatable bonds is 3. The molecule has 0 spiro atoms. The van der Waals surface area contributed by atoms with E-state index >= 15 is 0 Å². The van der Waals surface area contributed by atoms with Crippen molar-refractivity contribution >= 4 is 5.91 Å². The van der Waals surface area contributed by atoms with Crippen LogP contribution in [0.5, 0.6) is 0 Å². The van der Waals surface area contributed by atoms with Crippen molar-refractivity contribution in [2.75, 3.05) is 0 Å². The maximum Gasteiger partial charge on any atom is 0.416 e. The monoisotopic (exact) mass is 243 g/mol. The zero-order valence-corrected chi connectivity index (χ0v) is 9.05. The van der Waals surface area contributed by atoms with Gasteiger partial charge in [-0.2, -0.15) is 13.2 Å². The van der Waals surface area contributed by atoms with Gasteiger partial charge in [-0.1, -0.05) is 12.1 Å². The minimum absolute atomic E-state index is 0.207. The first-order chi connectivity index (χ1) is 7.83. The number of benzene rings is 1. The van der Waals surface area contributed by atoms with Gasteiger partial charge in [0.2, 0.25) is 5.91 Å². The van der Waals surface area contributed by atoms with E-state index in [1.54, 1.807) is 0 Å². The van der Waals surface area contributed by atoms with Crippen molar-refractivity contribution in [1.82, 2.24) is 0 Å². The number of carbonyl (C=O) groups is 1. The lowest BCUT2D eigenvalue weighted by Gasteiger charge is -2.14. The van der Waals surface area contributed by atoms with Crippen molar-refractivity contribution in [3.63, 3.8) is 0 Å². The first kappa shape index (κ1) is 12.0. The van der Waals surface area contributed by atoms with E-state index in [-0.39, 0.29) is 11.8 Å². The molecule has 0 radical (unpaired) electrons. The number of carbonyl (C=O) groups excluding carboxylic acids is 1. The van der Waals surface area contributed by atoms with E-state index in [2.05, 4.69) is 0 Å². The SMILES string of the molecule is NC(=O)CC1(c2ccc(C(F)(F)F)cc2)CC1. The Kier molecular flexibility index (Phi) is 2.64. The first-order valence-corrected chi connectivity index (χ1v) is 5.30. The number of halogens is 3. The van der Waals surface area contributed by atoms with Crippen LogP contribution >= 0.6 is 0 Å². The zero-order valence-electron chi connectivity index (χ0n) is 9.05. The highest BCUT2D eigenvalue weighted by Crippen LogP contribution is 2.51. The lowest BCUT2D eigenvalue weighted by molar-refractivity contribution is -0.137. The number of hydrogen-bond donors (Lipinski definition) is 1. The van der Waals surface area contributed by atoms with Gasteiger partial charge in [-0.15, -0.1) is 0 Å². The Balaban J connectivity index is 2.22. The van der Waals surface area contributed by atoms with Crippen molar-refractivity contribution in [1.29, 1.82) is 0 Å². The van der Waals surface area contributed by atoms with E-state index in [9.17, 15) is 18.0 Å². The molecule has 1 saturated carbocycles. The van der Waals surface area contributed by atoms with Gasteiger partial charge in [0, 0.05) is 11.8 Å². The van der Waals surface area contributed by atoms with Crippen LogP contribution in [0.25, 0.3) is 0 Å². The van der Waals surface area contributed by atoms with Crippen LogP contribution in [0.1, 0.15) is 30.4 Å². The Bertz CT molecular complexity index is 432.